The second-order valence-electron chi connectivity index (χ2n) is 8.93. The van der Waals surface area contributed by atoms with Gasteiger partial charge in [-0.05, 0) is 12.8 Å². The summed E-state index contributed by atoms with van der Waals surface area (Å²) in [6.45, 7) is 8.47. The maximum Gasteiger partial charge on any atom is 0.305 e. The van der Waals surface area contributed by atoms with Gasteiger partial charge in [-0.2, -0.15) is 0 Å². The standard InChI is InChI=1S/C28H54O8/c1-3-5-7-8-9-10-11-12-14-16-28(30)36-26-24-34-22-20-32-18-17-31-19-21-33-23-25-35-27(29)15-13-6-4-2/h3-26H2,1-2H3. The zero-order chi connectivity index (χ0) is 26.4. The van der Waals surface area contributed by atoms with Crippen LogP contribution in [0.15, 0.2) is 0 Å². The summed E-state index contributed by atoms with van der Waals surface area (Å²) in [4.78, 5) is 23.1. The Hall–Kier alpha value is -1.22. The Kier molecular flexibility index (Phi) is 29.0. The molecule has 0 aromatic rings. The van der Waals surface area contributed by atoms with Crippen LogP contribution in [-0.4, -0.2) is 78.0 Å². The molecule has 0 spiro atoms. The molecule has 0 atom stereocenters. The molecule has 0 amide bonds. The lowest BCUT2D eigenvalue weighted by Gasteiger charge is -2.08. The fraction of sp³-hybridized carbons (Fsp3) is 0.929. The third kappa shape index (κ3) is 29.0. The Balaban J connectivity index is 3.18. The average Bonchev–Trinajstić information content (AvgIpc) is 2.87. The molecule has 8 heteroatoms. The first-order valence-electron chi connectivity index (χ1n) is 14.3. The molecule has 8 nitrogen and oxygen atoms in total. The lowest BCUT2D eigenvalue weighted by atomic mass is 10.1. The molecule has 0 unspecified atom stereocenters. The van der Waals surface area contributed by atoms with Crippen molar-refractivity contribution in [3.05, 3.63) is 0 Å². The van der Waals surface area contributed by atoms with Gasteiger partial charge in [0.25, 0.3) is 0 Å². The van der Waals surface area contributed by atoms with E-state index in [0.29, 0.717) is 65.7 Å². The Bertz CT molecular complexity index is 472. The van der Waals surface area contributed by atoms with Crippen LogP contribution in [0, 0.1) is 0 Å². The molecule has 36 heavy (non-hydrogen) atoms. The van der Waals surface area contributed by atoms with Crippen LogP contribution in [0.3, 0.4) is 0 Å². The number of carbonyl (C=O) groups is 2. The van der Waals surface area contributed by atoms with Gasteiger partial charge in [-0.1, -0.05) is 78.1 Å². The monoisotopic (exact) mass is 518 g/mol. The van der Waals surface area contributed by atoms with E-state index in [1.54, 1.807) is 0 Å². The molecule has 0 bridgehead atoms. The lowest BCUT2D eigenvalue weighted by molar-refractivity contribution is -0.146. The van der Waals surface area contributed by atoms with Crippen molar-refractivity contribution >= 4 is 11.9 Å². The predicted molar refractivity (Wildman–Crippen MR) is 141 cm³/mol. The minimum Gasteiger partial charge on any atom is -0.463 e. The number of esters is 2. The molecular formula is C28H54O8. The molecule has 214 valence electrons. The van der Waals surface area contributed by atoms with E-state index in [4.69, 9.17) is 28.4 Å². The van der Waals surface area contributed by atoms with Crippen LogP contribution < -0.4 is 0 Å². The van der Waals surface area contributed by atoms with Crippen molar-refractivity contribution in [3.8, 4) is 0 Å². The molecule has 0 heterocycles. The summed E-state index contributed by atoms with van der Waals surface area (Å²) in [7, 11) is 0. The molecule has 0 rings (SSSR count). The summed E-state index contributed by atoms with van der Waals surface area (Å²) >= 11 is 0. The summed E-state index contributed by atoms with van der Waals surface area (Å²) in [5.74, 6) is -0.294. The number of rotatable bonds is 29. The summed E-state index contributed by atoms with van der Waals surface area (Å²) in [5.41, 5.74) is 0. The van der Waals surface area contributed by atoms with Gasteiger partial charge in [0.05, 0.1) is 52.9 Å². The first kappa shape index (κ1) is 34.8. The van der Waals surface area contributed by atoms with Crippen LogP contribution >= 0.6 is 0 Å². The fourth-order valence-corrected chi connectivity index (χ4v) is 3.43. The topological polar surface area (TPSA) is 89.5 Å². The highest BCUT2D eigenvalue weighted by Crippen LogP contribution is 2.10. The third-order valence-corrected chi connectivity index (χ3v) is 5.57. The average molecular weight is 519 g/mol. The molecule has 0 fully saturated rings. The van der Waals surface area contributed by atoms with E-state index < -0.39 is 0 Å². The molecule has 0 saturated heterocycles. The van der Waals surface area contributed by atoms with Crippen molar-refractivity contribution in [3.63, 3.8) is 0 Å². The minimum absolute atomic E-state index is 0.137. The summed E-state index contributed by atoms with van der Waals surface area (Å²) in [6.07, 6.45) is 15.1. The highest BCUT2D eigenvalue weighted by Gasteiger charge is 2.03. The van der Waals surface area contributed by atoms with Crippen molar-refractivity contribution in [1.82, 2.24) is 0 Å². The smallest absolute Gasteiger partial charge is 0.305 e. The van der Waals surface area contributed by atoms with Crippen LogP contribution in [0.25, 0.3) is 0 Å². The number of unbranched alkanes of at least 4 members (excludes halogenated alkanes) is 10. The first-order chi connectivity index (χ1) is 17.7. The van der Waals surface area contributed by atoms with E-state index in [1.807, 2.05) is 0 Å². The quantitative estimate of drug-likeness (QED) is 0.0928. The third-order valence-electron chi connectivity index (χ3n) is 5.57. The Labute approximate surface area is 220 Å². The van der Waals surface area contributed by atoms with Gasteiger partial charge in [-0.25, -0.2) is 0 Å². The van der Waals surface area contributed by atoms with Crippen LogP contribution in [0.5, 0.6) is 0 Å². The second kappa shape index (κ2) is 30.0. The van der Waals surface area contributed by atoms with Gasteiger partial charge in [-0.15, -0.1) is 0 Å². The molecule has 0 aliphatic rings. The van der Waals surface area contributed by atoms with Gasteiger partial charge in [0.2, 0.25) is 0 Å². The summed E-state index contributed by atoms with van der Waals surface area (Å²) in [6, 6.07) is 0. The van der Waals surface area contributed by atoms with Crippen molar-refractivity contribution < 1.29 is 38.0 Å². The molecule has 0 radical (unpaired) electrons. The zero-order valence-electron chi connectivity index (χ0n) is 23.2. The van der Waals surface area contributed by atoms with Crippen LogP contribution in [0.2, 0.25) is 0 Å². The fourth-order valence-electron chi connectivity index (χ4n) is 3.43. The number of hydrogen-bond donors (Lipinski definition) is 0. The van der Waals surface area contributed by atoms with Gasteiger partial charge in [0.15, 0.2) is 0 Å². The van der Waals surface area contributed by atoms with Gasteiger partial charge in [0.1, 0.15) is 13.2 Å². The zero-order valence-corrected chi connectivity index (χ0v) is 23.2. The van der Waals surface area contributed by atoms with Crippen LogP contribution in [0.1, 0.15) is 104 Å². The van der Waals surface area contributed by atoms with E-state index >= 15 is 0 Å². The van der Waals surface area contributed by atoms with Crippen molar-refractivity contribution in [2.24, 2.45) is 0 Å². The van der Waals surface area contributed by atoms with E-state index in [0.717, 1.165) is 32.1 Å². The Morgan fingerprint density at radius 1 is 0.389 bits per heavy atom. The molecule has 0 aromatic carbocycles. The van der Waals surface area contributed by atoms with E-state index in [-0.39, 0.29) is 25.2 Å². The van der Waals surface area contributed by atoms with Crippen LogP contribution in [0.4, 0.5) is 0 Å². The van der Waals surface area contributed by atoms with Crippen molar-refractivity contribution in [1.29, 1.82) is 0 Å². The van der Waals surface area contributed by atoms with Gasteiger partial charge >= 0.3 is 11.9 Å². The predicted octanol–water partition coefficient (Wildman–Crippen LogP) is 5.64. The molecule has 0 aliphatic carbocycles. The second-order valence-corrected chi connectivity index (χ2v) is 8.93. The molecular weight excluding hydrogens is 464 g/mol. The Morgan fingerprint density at radius 3 is 1.06 bits per heavy atom. The minimum atomic E-state index is -0.158. The van der Waals surface area contributed by atoms with E-state index in [9.17, 15) is 9.59 Å². The van der Waals surface area contributed by atoms with Gasteiger partial charge in [0, 0.05) is 12.8 Å². The summed E-state index contributed by atoms with van der Waals surface area (Å²) < 4.78 is 31.9. The molecule has 0 aromatic heterocycles. The van der Waals surface area contributed by atoms with Crippen molar-refractivity contribution in [2.45, 2.75) is 104 Å². The largest absolute Gasteiger partial charge is 0.463 e. The van der Waals surface area contributed by atoms with Crippen molar-refractivity contribution in [2.75, 3.05) is 66.1 Å². The highest BCUT2D eigenvalue weighted by molar-refractivity contribution is 5.69. The number of ether oxygens (including phenoxy) is 6. The summed E-state index contributed by atoms with van der Waals surface area (Å²) in [5, 5.41) is 0. The number of hydrogen-bond acceptors (Lipinski definition) is 8. The SMILES string of the molecule is CCCCCCCCCCCC(=O)OCCOCCOCCOCCOCCOC(=O)CCCCC. The Morgan fingerprint density at radius 2 is 0.667 bits per heavy atom. The maximum absolute atomic E-state index is 11.7. The molecule has 0 N–H and O–H groups in total. The first-order valence-corrected chi connectivity index (χ1v) is 14.3. The van der Waals surface area contributed by atoms with E-state index in [2.05, 4.69) is 13.8 Å². The molecule has 0 aliphatic heterocycles. The van der Waals surface area contributed by atoms with E-state index in [1.165, 1.54) is 44.9 Å². The van der Waals surface area contributed by atoms with Gasteiger partial charge < -0.3 is 28.4 Å². The number of carbonyl (C=O) groups excluding carboxylic acids is 2. The normalized spacial score (nSPS) is 11.1. The van der Waals surface area contributed by atoms with Gasteiger partial charge in [-0.3, -0.25) is 9.59 Å². The molecule has 0 saturated carbocycles. The van der Waals surface area contributed by atoms with Crippen LogP contribution in [-0.2, 0) is 38.0 Å². The lowest BCUT2D eigenvalue weighted by Crippen LogP contribution is -2.15. The maximum atomic E-state index is 11.7. The highest BCUT2D eigenvalue weighted by atomic mass is 16.6.